The Hall–Kier alpha value is -0.630. The average Bonchev–Trinajstić information content (AvgIpc) is 2.99. The van der Waals surface area contributed by atoms with Gasteiger partial charge in [0.1, 0.15) is 0 Å². The van der Waals surface area contributed by atoms with E-state index in [9.17, 15) is 0 Å². The summed E-state index contributed by atoms with van der Waals surface area (Å²) in [5, 5.41) is 12.1. The zero-order valence-corrected chi connectivity index (χ0v) is 8.66. The first kappa shape index (κ1) is 11.4. The van der Waals surface area contributed by atoms with Gasteiger partial charge in [0, 0.05) is 19.8 Å². The summed E-state index contributed by atoms with van der Waals surface area (Å²) in [7, 11) is 1.65. The van der Waals surface area contributed by atoms with Gasteiger partial charge in [-0.3, -0.25) is 5.32 Å². The van der Waals surface area contributed by atoms with Crippen LogP contribution in [0.3, 0.4) is 0 Å². The number of ether oxygens (including phenoxy) is 2. The molecule has 1 saturated carbocycles. The molecule has 1 aliphatic carbocycles. The van der Waals surface area contributed by atoms with E-state index in [-0.39, 0.29) is 6.04 Å². The van der Waals surface area contributed by atoms with Crippen LogP contribution in [0.25, 0.3) is 0 Å². The highest BCUT2D eigenvalue weighted by Gasteiger charge is 2.24. The van der Waals surface area contributed by atoms with Crippen LogP contribution in [0.5, 0.6) is 0 Å². The van der Waals surface area contributed by atoms with Crippen LogP contribution in [0, 0.1) is 11.3 Å². The third-order valence-electron chi connectivity index (χ3n) is 2.15. The minimum atomic E-state index is -0.0509. The minimum Gasteiger partial charge on any atom is -0.382 e. The summed E-state index contributed by atoms with van der Waals surface area (Å²) in [5.41, 5.74) is 0. The fourth-order valence-corrected chi connectivity index (χ4v) is 1.17. The lowest BCUT2D eigenvalue weighted by Crippen LogP contribution is -2.30. The summed E-state index contributed by atoms with van der Waals surface area (Å²) in [4.78, 5) is 0. The maximum absolute atomic E-state index is 8.81. The van der Waals surface area contributed by atoms with Gasteiger partial charge in [-0.05, 0) is 19.3 Å². The highest BCUT2D eigenvalue weighted by atomic mass is 16.5. The molecule has 0 saturated heterocycles. The summed E-state index contributed by atoms with van der Waals surface area (Å²) >= 11 is 0. The maximum atomic E-state index is 8.81. The predicted octanol–water partition coefficient (Wildman–Crippen LogP) is 0.684. The number of nitrogens with one attached hydrogen (secondary N) is 1. The lowest BCUT2D eigenvalue weighted by atomic mass is 10.2. The largest absolute Gasteiger partial charge is 0.382 e. The number of hydrogen-bond donors (Lipinski definition) is 1. The fraction of sp³-hybridized carbons (Fsp3) is 0.900. The van der Waals surface area contributed by atoms with E-state index in [0.717, 1.165) is 6.42 Å². The molecule has 1 atom stereocenters. The first-order chi connectivity index (χ1) is 6.86. The average molecular weight is 198 g/mol. The highest BCUT2D eigenvalue weighted by Crippen LogP contribution is 2.19. The van der Waals surface area contributed by atoms with Gasteiger partial charge in [-0.15, -0.1) is 0 Å². The molecule has 0 aliphatic heterocycles. The van der Waals surface area contributed by atoms with Gasteiger partial charge < -0.3 is 9.47 Å². The zero-order chi connectivity index (χ0) is 10.2. The van der Waals surface area contributed by atoms with E-state index in [1.165, 1.54) is 12.8 Å². The summed E-state index contributed by atoms with van der Waals surface area (Å²) in [6.07, 6.45) is 3.18. The van der Waals surface area contributed by atoms with Crippen molar-refractivity contribution >= 4 is 0 Å². The second-order valence-electron chi connectivity index (χ2n) is 3.52. The van der Waals surface area contributed by atoms with Crippen LogP contribution < -0.4 is 5.32 Å². The molecule has 80 valence electrons. The third kappa shape index (κ3) is 5.18. The molecule has 4 heteroatoms. The molecule has 1 aliphatic rings. The van der Waals surface area contributed by atoms with Gasteiger partial charge in [-0.2, -0.15) is 5.26 Å². The van der Waals surface area contributed by atoms with Gasteiger partial charge in [0.05, 0.1) is 25.3 Å². The first-order valence-corrected chi connectivity index (χ1v) is 5.09. The summed E-state index contributed by atoms with van der Waals surface area (Å²) < 4.78 is 10.1. The summed E-state index contributed by atoms with van der Waals surface area (Å²) in [5.74, 6) is 0. The fourth-order valence-electron chi connectivity index (χ4n) is 1.17. The number of rotatable bonds is 8. The standard InChI is InChI=1S/C10H18N2O2/c1-13-6-7-14-5-4-10(8-11)12-9-2-3-9/h9-10,12H,2-7H2,1H3. The lowest BCUT2D eigenvalue weighted by molar-refractivity contribution is 0.0676. The molecule has 1 rings (SSSR count). The second-order valence-corrected chi connectivity index (χ2v) is 3.52. The number of nitriles is 1. The van der Waals surface area contributed by atoms with Gasteiger partial charge in [0.2, 0.25) is 0 Å². The summed E-state index contributed by atoms with van der Waals surface area (Å²) in [6, 6.07) is 2.77. The van der Waals surface area contributed by atoms with Crippen molar-refractivity contribution < 1.29 is 9.47 Å². The molecule has 0 radical (unpaired) electrons. The quantitative estimate of drug-likeness (QED) is 0.583. The van der Waals surface area contributed by atoms with Gasteiger partial charge in [0.15, 0.2) is 0 Å². The van der Waals surface area contributed by atoms with Crippen molar-refractivity contribution in [1.82, 2.24) is 5.32 Å². The van der Waals surface area contributed by atoms with E-state index >= 15 is 0 Å². The molecular formula is C10H18N2O2. The molecule has 0 spiro atoms. The van der Waals surface area contributed by atoms with Crippen LogP contribution in [-0.4, -0.2) is 39.0 Å². The van der Waals surface area contributed by atoms with E-state index in [4.69, 9.17) is 14.7 Å². The van der Waals surface area contributed by atoms with Crippen molar-refractivity contribution in [2.24, 2.45) is 0 Å². The van der Waals surface area contributed by atoms with Crippen molar-refractivity contribution in [1.29, 1.82) is 5.26 Å². The van der Waals surface area contributed by atoms with Gasteiger partial charge >= 0.3 is 0 Å². The highest BCUT2D eigenvalue weighted by molar-refractivity contribution is 4.95. The Bertz CT molecular complexity index is 187. The number of methoxy groups -OCH3 is 1. The Labute approximate surface area is 85.2 Å². The Kier molecular flexibility index (Phi) is 5.53. The zero-order valence-electron chi connectivity index (χ0n) is 8.66. The summed E-state index contributed by atoms with van der Waals surface area (Å²) in [6.45, 7) is 1.85. The maximum Gasteiger partial charge on any atom is 0.0977 e. The molecule has 0 heterocycles. The Morgan fingerprint density at radius 1 is 1.43 bits per heavy atom. The minimum absolute atomic E-state index is 0.0509. The van der Waals surface area contributed by atoms with Gasteiger partial charge in [0.25, 0.3) is 0 Å². The van der Waals surface area contributed by atoms with Crippen LogP contribution >= 0.6 is 0 Å². The van der Waals surface area contributed by atoms with E-state index < -0.39 is 0 Å². The molecule has 0 bridgehead atoms. The molecule has 1 N–H and O–H groups in total. The SMILES string of the molecule is COCCOCCC(C#N)NC1CC1. The molecule has 1 unspecified atom stereocenters. The van der Waals surface area contributed by atoms with Gasteiger partial charge in [-0.25, -0.2) is 0 Å². The predicted molar refractivity (Wildman–Crippen MR) is 52.9 cm³/mol. The monoisotopic (exact) mass is 198 g/mol. The Balaban J connectivity index is 1.94. The van der Waals surface area contributed by atoms with Crippen molar-refractivity contribution in [3.8, 4) is 6.07 Å². The van der Waals surface area contributed by atoms with Crippen molar-refractivity contribution in [3.63, 3.8) is 0 Å². The van der Waals surface area contributed by atoms with E-state index in [0.29, 0.717) is 25.9 Å². The molecule has 0 aromatic rings. The molecule has 1 fully saturated rings. The molecule has 0 amide bonds. The van der Waals surface area contributed by atoms with Crippen molar-refractivity contribution in [3.05, 3.63) is 0 Å². The topological polar surface area (TPSA) is 54.3 Å². The van der Waals surface area contributed by atoms with Gasteiger partial charge in [-0.1, -0.05) is 0 Å². The second kappa shape index (κ2) is 6.77. The number of hydrogen-bond acceptors (Lipinski definition) is 4. The lowest BCUT2D eigenvalue weighted by Gasteiger charge is -2.10. The molecular weight excluding hydrogens is 180 g/mol. The molecule has 0 aromatic heterocycles. The van der Waals surface area contributed by atoms with E-state index in [2.05, 4.69) is 11.4 Å². The van der Waals surface area contributed by atoms with E-state index in [1.807, 2.05) is 0 Å². The Morgan fingerprint density at radius 3 is 2.79 bits per heavy atom. The molecule has 14 heavy (non-hydrogen) atoms. The number of nitrogens with zero attached hydrogens (tertiary/aromatic N) is 1. The first-order valence-electron chi connectivity index (χ1n) is 5.09. The Morgan fingerprint density at radius 2 is 2.21 bits per heavy atom. The molecule has 4 nitrogen and oxygen atoms in total. The van der Waals surface area contributed by atoms with E-state index in [1.54, 1.807) is 7.11 Å². The van der Waals surface area contributed by atoms with Crippen molar-refractivity contribution in [2.75, 3.05) is 26.9 Å². The van der Waals surface area contributed by atoms with Crippen LogP contribution in [0.15, 0.2) is 0 Å². The van der Waals surface area contributed by atoms with Crippen LogP contribution in [0.4, 0.5) is 0 Å². The van der Waals surface area contributed by atoms with Crippen LogP contribution in [0.1, 0.15) is 19.3 Å². The third-order valence-corrected chi connectivity index (χ3v) is 2.15. The smallest absolute Gasteiger partial charge is 0.0977 e. The van der Waals surface area contributed by atoms with Crippen LogP contribution in [0.2, 0.25) is 0 Å². The van der Waals surface area contributed by atoms with Crippen LogP contribution in [-0.2, 0) is 9.47 Å². The normalized spacial score (nSPS) is 17.7. The molecule has 0 aromatic carbocycles. The van der Waals surface area contributed by atoms with Crippen molar-refractivity contribution in [2.45, 2.75) is 31.3 Å².